The molecule has 1 aliphatic heterocycles. The van der Waals surface area contributed by atoms with Crippen molar-refractivity contribution >= 4 is 21.9 Å². The lowest BCUT2D eigenvalue weighted by atomic mass is 10.1. The number of amides is 1. The Labute approximate surface area is 135 Å². The van der Waals surface area contributed by atoms with E-state index in [0.29, 0.717) is 18.5 Å². The van der Waals surface area contributed by atoms with Gasteiger partial charge in [-0.2, -0.15) is 0 Å². The average molecular weight is 340 g/mol. The molecule has 0 bridgehead atoms. The van der Waals surface area contributed by atoms with Crippen molar-refractivity contribution in [3.63, 3.8) is 0 Å². The van der Waals surface area contributed by atoms with Gasteiger partial charge in [0.25, 0.3) is 5.91 Å². The van der Waals surface area contributed by atoms with E-state index in [2.05, 4.69) is 4.72 Å². The van der Waals surface area contributed by atoms with E-state index in [-0.39, 0.29) is 23.4 Å². The second kappa shape index (κ2) is 6.67. The van der Waals surface area contributed by atoms with Crippen LogP contribution in [0.1, 0.15) is 30.6 Å². The number of rotatable bonds is 5. The second-order valence-corrected chi connectivity index (χ2v) is 7.59. The SMILES string of the molecule is CC(C)NS(=O)(=O)c1ccc(C(=O)N2CCC(C(=O)O)C2)cc1. The normalized spacial score (nSPS) is 18.4. The first-order valence-electron chi connectivity index (χ1n) is 7.35. The van der Waals surface area contributed by atoms with E-state index in [4.69, 9.17) is 5.11 Å². The molecule has 0 spiro atoms. The number of hydrogen-bond donors (Lipinski definition) is 2. The van der Waals surface area contributed by atoms with Gasteiger partial charge in [0, 0.05) is 24.7 Å². The van der Waals surface area contributed by atoms with Crippen LogP contribution in [0.5, 0.6) is 0 Å². The van der Waals surface area contributed by atoms with E-state index >= 15 is 0 Å². The monoisotopic (exact) mass is 340 g/mol. The lowest BCUT2D eigenvalue weighted by Crippen LogP contribution is -2.31. The van der Waals surface area contributed by atoms with Gasteiger partial charge in [-0.25, -0.2) is 13.1 Å². The Bertz CT molecular complexity index is 697. The van der Waals surface area contributed by atoms with E-state index in [1.807, 2.05) is 0 Å². The Morgan fingerprint density at radius 3 is 2.35 bits per heavy atom. The molecule has 1 amide bonds. The highest BCUT2D eigenvalue weighted by molar-refractivity contribution is 7.89. The molecule has 1 saturated heterocycles. The third-order valence-electron chi connectivity index (χ3n) is 3.63. The van der Waals surface area contributed by atoms with Crippen molar-refractivity contribution in [2.24, 2.45) is 5.92 Å². The van der Waals surface area contributed by atoms with Crippen LogP contribution in [0, 0.1) is 5.92 Å². The molecular weight excluding hydrogens is 320 g/mol. The fourth-order valence-corrected chi connectivity index (χ4v) is 3.73. The maximum absolute atomic E-state index is 12.3. The predicted molar refractivity (Wildman–Crippen MR) is 83.5 cm³/mol. The molecule has 2 N–H and O–H groups in total. The molecule has 2 rings (SSSR count). The number of hydrogen-bond acceptors (Lipinski definition) is 4. The summed E-state index contributed by atoms with van der Waals surface area (Å²) in [5.41, 5.74) is 0.347. The minimum absolute atomic E-state index is 0.0904. The van der Waals surface area contributed by atoms with Crippen molar-refractivity contribution in [2.45, 2.75) is 31.2 Å². The molecule has 1 aromatic rings. The third kappa shape index (κ3) is 4.08. The number of aliphatic carboxylic acids is 1. The fourth-order valence-electron chi connectivity index (χ4n) is 2.48. The maximum atomic E-state index is 12.3. The Hall–Kier alpha value is -1.93. The molecule has 1 heterocycles. The fraction of sp³-hybridized carbons (Fsp3) is 0.467. The van der Waals surface area contributed by atoms with E-state index in [9.17, 15) is 18.0 Å². The van der Waals surface area contributed by atoms with Crippen LogP contribution < -0.4 is 4.72 Å². The zero-order chi connectivity index (χ0) is 17.2. The number of carboxylic acid groups (broad SMARTS) is 1. The van der Waals surface area contributed by atoms with Crippen LogP contribution in [0.15, 0.2) is 29.2 Å². The largest absolute Gasteiger partial charge is 0.481 e. The molecule has 23 heavy (non-hydrogen) atoms. The topological polar surface area (TPSA) is 104 Å². The van der Waals surface area contributed by atoms with Crippen LogP contribution in [0.3, 0.4) is 0 Å². The summed E-state index contributed by atoms with van der Waals surface area (Å²) >= 11 is 0. The van der Waals surface area contributed by atoms with Gasteiger partial charge in [-0.05, 0) is 44.5 Å². The van der Waals surface area contributed by atoms with Gasteiger partial charge < -0.3 is 10.0 Å². The minimum Gasteiger partial charge on any atom is -0.481 e. The van der Waals surface area contributed by atoms with Gasteiger partial charge in [0.2, 0.25) is 10.0 Å². The van der Waals surface area contributed by atoms with Crippen molar-refractivity contribution < 1.29 is 23.1 Å². The first-order valence-corrected chi connectivity index (χ1v) is 8.83. The molecule has 0 aromatic heterocycles. The summed E-state index contributed by atoms with van der Waals surface area (Å²) in [6.07, 6.45) is 0.436. The molecule has 8 heteroatoms. The van der Waals surface area contributed by atoms with Crippen LogP contribution in [-0.4, -0.2) is 49.4 Å². The Morgan fingerprint density at radius 2 is 1.87 bits per heavy atom. The van der Waals surface area contributed by atoms with Crippen LogP contribution >= 0.6 is 0 Å². The number of carbonyl (C=O) groups excluding carboxylic acids is 1. The number of nitrogens with one attached hydrogen (secondary N) is 1. The molecule has 1 atom stereocenters. The van der Waals surface area contributed by atoms with Crippen LogP contribution in [0.25, 0.3) is 0 Å². The number of carboxylic acids is 1. The van der Waals surface area contributed by atoms with Gasteiger partial charge in [0.05, 0.1) is 10.8 Å². The average Bonchev–Trinajstić information content (AvgIpc) is 2.95. The van der Waals surface area contributed by atoms with Crippen LogP contribution in [-0.2, 0) is 14.8 Å². The van der Waals surface area contributed by atoms with Gasteiger partial charge in [-0.1, -0.05) is 0 Å². The minimum atomic E-state index is -3.59. The lowest BCUT2D eigenvalue weighted by Gasteiger charge is -2.16. The first-order chi connectivity index (χ1) is 10.7. The smallest absolute Gasteiger partial charge is 0.308 e. The molecule has 1 fully saturated rings. The summed E-state index contributed by atoms with van der Waals surface area (Å²) in [5, 5.41) is 8.97. The molecule has 0 aliphatic carbocycles. The third-order valence-corrected chi connectivity index (χ3v) is 5.30. The molecule has 7 nitrogen and oxygen atoms in total. The highest BCUT2D eigenvalue weighted by Gasteiger charge is 2.31. The highest BCUT2D eigenvalue weighted by atomic mass is 32.2. The van der Waals surface area contributed by atoms with Gasteiger partial charge in [-0.15, -0.1) is 0 Å². The zero-order valence-electron chi connectivity index (χ0n) is 13.0. The van der Waals surface area contributed by atoms with Gasteiger partial charge >= 0.3 is 5.97 Å². The summed E-state index contributed by atoms with van der Waals surface area (Å²) < 4.78 is 26.5. The number of likely N-dealkylation sites (tertiary alicyclic amines) is 1. The van der Waals surface area contributed by atoms with E-state index < -0.39 is 21.9 Å². The Balaban J connectivity index is 2.11. The Morgan fingerprint density at radius 1 is 1.26 bits per heavy atom. The molecular formula is C15H20N2O5S. The highest BCUT2D eigenvalue weighted by Crippen LogP contribution is 2.20. The van der Waals surface area contributed by atoms with Crippen LogP contribution in [0.4, 0.5) is 0 Å². The molecule has 0 radical (unpaired) electrons. The van der Waals surface area contributed by atoms with Crippen molar-refractivity contribution in [1.82, 2.24) is 9.62 Å². The van der Waals surface area contributed by atoms with E-state index in [0.717, 1.165) is 0 Å². The van der Waals surface area contributed by atoms with Gasteiger partial charge in [0.15, 0.2) is 0 Å². The molecule has 1 aromatic carbocycles. The van der Waals surface area contributed by atoms with E-state index in [1.165, 1.54) is 29.2 Å². The standard InChI is InChI=1S/C15H20N2O5S/c1-10(2)16-23(21,22)13-5-3-11(4-6-13)14(18)17-8-7-12(9-17)15(19)20/h3-6,10,12,16H,7-9H2,1-2H3,(H,19,20). The molecule has 126 valence electrons. The summed E-state index contributed by atoms with van der Waals surface area (Å²) in [7, 11) is -3.59. The number of carbonyl (C=O) groups is 2. The van der Waals surface area contributed by atoms with Crippen molar-refractivity contribution in [3.8, 4) is 0 Å². The van der Waals surface area contributed by atoms with Crippen LogP contribution in [0.2, 0.25) is 0 Å². The maximum Gasteiger partial charge on any atom is 0.308 e. The van der Waals surface area contributed by atoms with E-state index in [1.54, 1.807) is 13.8 Å². The summed E-state index contributed by atoms with van der Waals surface area (Å²) in [4.78, 5) is 24.8. The lowest BCUT2D eigenvalue weighted by molar-refractivity contribution is -0.141. The molecule has 1 aliphatic rings. The quantitative estimate of drug-likeness (QED) is 0.829. The number of nitrogens with zero attached hydrogens (tertiary/aromatic N) is 1. The first kappa shape index (κ1) is 17.4. The Kier molecular flexibility index (Phi) is 5.06. The number of sulfonamides is 1. The summed E-state index contributed by atoms with van der Waals surface area (Å²) in [6, 6.07) is 5.43. The zero-order valence-corrected chi connectivity index (χ0v) is 13.8. The number of benzene rings is 1. The molecule has 0 saturated carbocycles. The van der Waals surface area contributed by atoms with Crippen molar-refractivity contribution in [2.75, 3.05) is 13.1 Å². The van der Waals surface area contributed by atoms with Crippen molar-refractivity contribution in [1.29, 1.82) is 0 Å². The summed E-state index contributed by atoms with van der Waals surface area (Å²) in [6.45, 7) is 4.03. The van der Waals surface area contributed by atoms with Crippen molar-refractivity contribution in [3.05, 3.63) is 29.8 Å². The predicted octanol–water partition coefficient (Wildman–Crippen LogP) is 0.920. The molecule has 1 unspecified atom stereocenters. The summed E-state index contributed by atoms with van der Waals surface area (Å²) in [5.74, 6) is -1.72. The van der Waals surface area contributed by atoms with Gasteiger partial charge in [0.1, 0.15) is 0 Å². The van der Waals surface area contributed by atoms with Gasteiger partial charge in [-0.3, -0.25) is 9.59 Å². The second-order valence-electron chi connectivity index (χ2n) is 5.88.